The molecule has 0 saturated heterocycles. The van der Waals surface area contributed by atoms with Crippen LogP contribution in [-0.2, 0) is 6.18 Å². The van der Waals surface area contributed by atoms with E-state index >= 15 is 0 Å². The molecule has 0 aliphatic carbocycles. The maximum absolute atomic E-state index is 12.6. The van der Waals surface area contributed by atoms with Crippen LogP contribution in [0.3, 0.4) is 0 Å². The van der Waals surface area contributed by atoms with Crippen LogP contribution in [0.4, 0.5) is 13.2 Å². The van der Waals surface area contributed by atoms with E-state index in [0.717, 1.165) is 11.4 Å². The van der Waals surface area contributed by atoms with Crippen molar-refractivity contribution in [3.05, 3.63) is 71.5 Å². The maximum atomic E-state index is 12.6. The lowest BCUT2D eigenvalue weighted by Gasteiger charge is -2.26. The summed E-state index contributed by atoms with van der Waals surface area (Å²) in [6, 6.07) is 16.8. The number of rotatable bonds is 6. The molecule has 1 aliphatic rings. The Bertz CT molecular complexity index is 1020. The number of benzene rings is 2. The van der Waals surface area contributed by atoms with Gasteiger partial charge in [-0.2, -0.15) is 18.2 Å². The lowest BCUT2D eigenvalue weighted by Crippen LogP contribution is -2.30. The fourth-order valence-corrected chi connectivity index (χ4v) is 4.02. The van der Waals surface area contributed by atoms with Gasteiger partial charge in [0.05, 0.1) is 18.1 Å². The summed E-state index contributed by atoms with van der Waals surface area (Å²) >= 11 is 1.74. The van der Waals surface area contributed by atoms with Crippen molar-refractivity contribution >= 4 is 17.5 Å². The highest BCUT2D eigenvalue weighted by molar-refractivity contribution is 8.02. The summed E-state index contributed by atoms with van der Waals surface area (Å²) in [6.45, 7) is 2.68. The number of hydrogen-bond donors (Lipinski definition) is 0. The molecule has 4 rings (SSSR count). The Morgan fingerprint density at radius 1 is 1.10 bits per heavy atom. The van der Waals surface area contributed by atoms with Crippen LogP contribution in [0, 0.1) is 0 Å². The first-order chi connectivity index (χ1) is 14.4. The van der Waals surface area contributed by atoms with Gasteiger partial charge in [-0.05, 0) is 42.2 Å². The highest BCUT2D eigenvalue weighted by Crippen LogP contribution is 2.32. The largest absolute Gasteiger partial charge is 0.489 e. The predicted molar refractivity (Wildman–Crippen MR) is 108 cm³/mol. The van der Waals surface area contributed by atoms with Gasteiger partial charge in [0, 0.05) is 5.56 Å². The molecular formula is C21H18F3N3O2S. The van der Waals surface area contributed by atoms with E-state index in [1.165, 1.54) is 5.70 Å². The van der Waals surface area contributed by atoms with Crippen LogP contribution < -0.4 is 4.74 Å². The first-order valence-corrected chi connectivity index (χ1v) is 10.2. The van der Waals surface area contributed by atoms with Crippen molar-refractivity contribution in [2.24, 2.45) is 0 Å². The van der Waals surface area contributed by atoms with Crippen molar-refractivity contribution in [3.63, 3.8) is 0 Å². The molecule has 2 aromatic carbocycles. The number of thioether (sulfide) groups is 1. The van der Waals surface area contributed by atoms with Gasteiger partial charge in [0.25, 0.3) is 0 Å². The molecule has 5 nitrogen and oxygen atoms in total. The minimum atomic E-state index is -4.66. The van der Waals surface area contributed by atoms with Crippen LogP contribution in [0.25, 0.3) is 17.1 Å². The van der Waals surface area contributed by atoms with E-state index in [4.69, 9.17) is 4.74 Å². The van der Waals surface area contributed by atoms with Crippen molar-refractivity contribution in [2.75, 3.05) is 12.4 Å². The van der Waals surface area contributed by atoms with E-state index in [9.17, 15) is 13.2 Å². The van der Waals surface area contributed by atoms with E-state index < -0.39 is 12.1 Å². The Morgan fingerprint density at radius 2 is 1.83 bits per heavy atom. The first kappa shape index (κ1) is 20.3. The summed E-state index contributed by atoms with van der Waals surface area (Å²) in [5, 5.41) is 5.54. The average Bonchev–Trinajstić information content (AvgIpc) is 3.39. The zero-order valence-electron chi connectivity index (χ0n) is 16.0. The number of aromatic nitrogens is 2. The van der Waals surface area contributed by atoms with Crippen molar-refractivity contribution in [1.82, 2.24) is 15.0 Å². The first-order valence-electron chi connectivity index (χ1n) is 9.20. The van der Waals surface area contributed by atoms with E-state index in [-0.39, 0.29) is 11.9 Å². The van der Waals surface area contributed by atoms with Crippen molar-refractivity contribution < 1.29 is 22.4 Å². The molecule has 1 aromatic heterocycles. The Morgan fingerprint density at radius 3 is 2.50 bits per heavy atom. The van der Waals surface area contributed by atoms with Gasteiger partial charge in [-0.25, -0.2) is 0 Å². The maximum Gasteiger partial charge on any atom is 0.471 e. The lowest BCUT2D eigenvalue weighted by atomic mass is 10.1. The van der Waals surface area contributed by atoms with Gasteiger partial charge >= 0.3 is 12.1 Å². The zero-order chi connectivity index (χ0) is 21.1. The predicted octanol–water partition coefficient (Wildman–Crippen LogP) is 5.53. The second kappa shape index (κ2) is 8.43. The van der Waals surface area contributed by atoms with Gasteiger partial charge in [-0.15, -0.1) is 11.8 Å². The van der Waals surface area contributed by atoms with Crippen LogP contribution in [0.15, 0.2) is 64.5 Å². The molecule has 1 unspecified atom stereocenters. The summed E-state index contributed by atoms with van der Waals surface area (Å²) < 4.78 is 48.1. The summed E-state index contributed by atoms with van der Waals surface area (Å²) in [4.78, 5) is 5.65. The van der Waals surface area contributed by atoms with Crippen molar-refractivity contribution in [2.45, 2.75) is 19.2 Å². The SMILES string of the molecule is CC(CN1CSC=C1c1ccccc1)Oc1ccc(-c2noc(C(F)(F)F)n2)cc1. The van der Waals surface area contributed by atoms with Gasteiger partial charge in [-0.3, -0.25) is 0 Å². The fraction of sp³-hybridized carbons (Fsp3) is 0.238. The van der Waals surface area contributed by atoms with Gasteiger partial charge in [-0.1, -0.05) is 35.5 Å². The molecule has 2 heterocycles. The minimum absolute atomic E-state index is 0.0938. The lowest BCUT2D eigenvalue weighted by molar-refractivity contribution is -0.159. The van der Waals surface area contributed by atoms with Crippen LogP contribution in [0.5, 0.6) is 5.75 Å². The highest BCUT2D eigenvalue weighted by atomic mass is 32.2. The van der Waals surface area contributed by atoms with Gasteiger partial charge in [0.15, 0.2) is 0 Å². The standard InChI is InChI=1S/C21H18F3N3O2S/c1-14(11-27-13-30-12-18(27)15-5-3-2-4-6-15)28-17-9-7-16(8-10-17)19-25-20(29-26-19)21(22,23)24/h2-10,12,14H,11,13H2,1H3. The second-order valence-corrected chi connectivity index (χ2v) is 7.59. The molecule has 0 saturated carbocycles. The molecule has 30 heavy (non-hydrogen) atoms. The Hall–Kier alpha value is -2.94. The van der Waals surface area contributed by atoms with Gasteiger partial charge < -0.3 is 14.2 Å². The zero-order valence-corrected chi connectivity index (χ0v) is 16.8. The number of alkyl halides is 3. The number of nitrogens with zero attached hydrogens (tertiary/aromatic N) is 3. The second-order valence-electron chi connectivity index (χ2n) is 6.76. The Balaban J connectivity index is 1.38. The number of halogens is 3. The molecule has 0 N–H and O–H groups in total. The third-order valence-electron chi connectivity index (χ3n) is 4.43. The van der Waals surface area contributed by atoms with E-state index in [2.05, 4.69) is 37.1 Å². The molecule has 3 aromatic rings. The molecule has 0 amide bonds. The van der Waals surface area contributed by atoms with Crippen LogP contribution in [0.2, 0.25) is 0 Å². The number of ether oxygens (including phenoxy) is 1. The highest BCUT2D eigenvalue weighted by Gasteiger charge is 2.38. The summed E-state index contributed by atoms with van der Waals surface area (Å²) in [6.07, 6.45) is -4.76. The molecule has 1 atom stereocenters. The molecule has 1 aliphatic heterocycles. The molecule has 9 heteroatoms. The van der Waals surface area contributed by atoms with Crippen molar-refractivity contribution in [1.29, 1.82) is 0 Å². The normalized spacial score (nSPS) is 15.2. The van der Waals surface area contributed by atoms with Gasteiger partial charge in [0.1, 0.15) is 11.9 Å². The van der Waals surface area contributed by atoms with Crippen molar-refractivity contribution in [3.8, 4) is 17.1 Å². The van der Waals surface area contributed by atoms with E-state index in [0.29, 0.717) is 17.9 Å². The third kappa shape index (κ3) is 4.62. The topological polar surface area (TPSA) is 51.4 Å². The molecular weight excluding hydrogens is 415 g/mol. The third-order valence-corrected chi connectivity index (χ3v) is 5.28. The van der Waals surface area contributed by atoms with E-state index in [1.807, 2.05) is 25.1 Å². The number of hydrogen-bond acceptors (Lipinski definition) is 6. The van der Waals surface area contributed by atoms with Crippen LogP contribution in [-0.4, -0.2) is 33.6 Å². The summed E-state index contributed by atoms with van der Waals surface area (Å²) in [5.74, 6) is -0.00953. The van der Waals surface area contributed by atoms with Crippen LogP contribution in [0.1, 0.15) is 18.4 Å². The molecule has 0 spiro atoms. The minimum Gasteiger partial charge on any atom is -0.489 e. The van der Waals surface area contributed by atoms with E-state index in [1.54, 1.807) is 36.0 Å². The monoisotopic (exact) mass is 433 g/mol. The summed E-state index contributed by atoms with van der Waals surface area (Å²) in [7, 11) is 0. The smallest absolute Gasteiger partial charge is 0.471 e. The molecule has 0 radical (unpaired) electrons. The Labute approximate surface area is 175 Å². The quantitative estimate of drug-likeness (QED) is 0.510. The fourth-order valence-electron chi connectivity index (χ4n) is 3.08. The summed E-state index contributed by atoms with van der Waals surface area (Å²) in [5.41, 5.74) is 2.75. The molecule has 156 valence electrons. The molecule has 0 fully saturated rings. The molecule has 0 bridgehead atoms. The average molecular weight is 433 g/mol. The van der Waals surface area contributed by atoms with Crippen LogP contribution >= 0.6 is 11.8 Å². The van der Waals surface area contributed by atoms with Gasteiger partial charge in [0.2, 0.25) is 5.82 Å². The Kier molecular flexibility index (Phi) is 5.72.